The summed E-state index contributed by atoms with van der Waals surface area (Å²) in [6.07, 6.45) is 2.79. The first kappa shape index (κ1) is 15.0. The summed E-state index contributed by atoms with van der Waals surface area (Å²) in [5.74, 6) is -0.264. The lowest BCUT2D eigenvalue weighted by Gasteiger charge is -2.15. The van der Waals surface area contributed by atoms with Crippen LogP contribution < -0.4 is 10.9 Å². The molecule has 0 bridgehead atoms. The number of anilines is 1. The average Bonchev–Trinajstić information content (AvgIpc) is 2.95. The predicted molar refractivity (Wildman–Crippen MR) is 88.0 cm³/mol. The fraction of sp³-hybridized carbons (Fsp3) is 0.312. The molecule has 1 amide bonds. The van der Waals surface area contributed by atoms with Crippen molar-refractivity contribution in [1.29, 1.82) is 0 Å². The van der Waals surface area contributed by atoms with E-state index in [1.165, 1.54) is 4.68 Å². The van der Waals surface area contributed by atoms with Gasteiger partial charge in [-0.05, 0) is 59.8 Å². The van der Waals surface area contributed by atoms with Crippen LogP contribution >= 0.6 is 15.9 Å². The van der Waals surface area contributed by atoms with Crippen LogP contribution in [0, 0.1) is 0 Å². The van der Waals surface area contributed by atoms with Crippen molar-refractivity contribution in [3.05, 3.63) is 56.4 Å². The lowest BCUT2D eigenvalue weighted by Crippen LogP contribution is -2.34. The molecule has 1 aromatic heterocycles. The van der Waals surface area contributed by atoms with Crippen LogP contribution in [0.1, 0.15) is 30.6 Å². The van der Waals surface area contributed by atoms with Crippen molar-refractivity contribution in [3.8, 4) is 0 Å². The normalized spacial score (nSPS) is 14.5. The second kappa shape index (κ2) is 6.04. The van der Waals surface area contributed by atoms with Crippen LogP contribution in [-0.2, 0) is 17.6 Å². The molecule has 0 saturated carbocycles. The third-order valence-corrected chi connectivity index (χ3v) is 4.55. The molecule has 2 aromatic rings. The summed E-state index contributed by atoms with van der Waals surface area (Å²) in [6.45, 7) is 1.68. The third kappa shape index (κ3) is 2.83. The van der Waals surface area contributed by atoms with E-state index in [1.807, 2.05) is 18.2 Å². The Hall–Kier alpha value is -1.95. The summed E-state index contributed by atoms with van der Waals surface area (Å²) in [7, 11) is 0. The first-order valence-corrected chi connectivity index (χ1v) is 8.02. The molecule has 5 nitrogen and oxygen atoms in total. The van der Waals surface area contributed by atoms with Gasteiger partial charge in [0.05, 0.1) is 11.4 Å². The molecular weight excluding hydrogens is 346 g/mol. The number of carbonyl (C=O) groups is 1. The summed E-state index contributed by atoms with van der Waals surface area (Å²) < 4.78 is 2.07. The Kier molecular flexibility index (Phi) is 4.11. The highest BCUT2D eigenvalue weighted by atomic mass is 79.9. The molecule has 0 aliphatic heterocycles. The van der Waals surface area contributed by atoms with E-state index in [1.54, 1.807) is 19.1 Å². The maximum atomic E-state index is 12.4. The van der Waals surface area contributed by atoms with E-state index in [0.29, 0.717) is 5.69 Å². The Morgan fingerprint density at radius 1 is 1.36 bits per heavy atom. The van der Waals surface area contributed by atoms with Gasteiger partial charge in [0, 0.05) is 10.5 Å². The van der Waals surface area contributed by atoms with E-state index in [9.17, 15) is 9.59 Å². The van der Waals surface area contributed by atoms with Crippen molar-refractivity contribution in [1.82, 2.24) is 9.78 Å². The molecule has 1 N–H and O–H groups in total. The van der Waals surface area contributed by atoms with Gasteiger partial charge >= 0.3 is 0 Å². The van der Waals surface area contributed by atoms with Crippen LogP contribution in [-0.4, -0.2) is 15.7 Å². The number of benzene rings is 1. The molecule has 3 rings (SSSR count). The lowest BCUT2D eigenvalue weighted by atomic mass is 10.2. The summed E-state index contributed by atoms with van der Waals surface area (Å²) in [5.41, 5.74) is 2.39. The van der Waals surface area contributed by atoms with E-state index >= 15 is 0 Å². The van der Waals surface area contributed by atoms with Gasteiger partial charge in [-0.2, -0.15) is 5.10 Å². The minimum absolute atomic E-state index is 0.226. The maximum Gasteiger partial charge on any atom is 0.267 e. The molecule has 1 aliphatic rings. The third-order valence-electron chi connectivity index (χ3n) is 3.86. The lowest BCUT2D eigenvalue weighted by molar-refractivity contribution is -0.119. The van der Waals surface area contributed by atoms with Crippen LogP contribution in [0.2, 0.25) is 0 Å². The largest absolute Gasteiger partial charge is 0.323 e. The summed E-state index contributed by atoms with van der Waals surface area (Å²) >= 11 is 3.39. The molecule has 22 heavy (non-hydrogen) atoms. The SMILES string of the molecule is CC(C(=O)Nc1ccccc1Br)n1nc2c(cc1=O)CCC2. The van der Waals surface area contributed by atoms with Crippen molar-refractivity contribution in [2.45, 2.75) is 32.2 Å². The van der Waals surface area contributed by atoms with Crippen LogP contribution in [0.3, 0.4) is 0 Å². The zero-order valence-corrected chi connectivity index (χ0v) is 13.8. The molecule has 1 unspecified atom stereocenters. The number of carbonyl (C=O) groups excluding carboxylic acids is 1. The van der Waals surface area contributed by atoms with Gasteiger partial charge in [-0.15, -0.1) is 0 Å². The highest BCUT2D eigenvalue weighted by Crippen LogP contribution is 2.22. The molecule has 0 saturated heterocycles. The van der Waals surface area contributed by atoms with Gasteiger partial charge < -0.3 is 5.32 Å². The van der Waals surface area contributed by atoms with Gasteiger partial charge in [0.2, 0.25) is 5.91 Å². The number of hydrogen-bond acceptors (Lipinski definition) is 3. The molecule has 114 valence electrons. The van der Waals surface area contributed by atoms with E-state index in [0.717, 1.165) is 35.0 Å². The number of amides is 1. The molecule has 0 fully saturated rings. The van der Waals surface area contributed by atoms with Gasteiger partial charge in [-0.25, -0.2) is 4.68 Å². The quantitative estimate of drug-likeness (QED) is 0.913. The van der Waals surface area contributed by atoms with E-state index in [4.69, 9.17) is 0 Å². The van der Waals surface area contributed by atoms with Gasteiger partial charge in [-0.3, -0.25) is 9.59 Å². The standard InChI is InChI=1S/C16H16BrN3O2/c1-10(16(22)18-14-7-3-2-6-12(14)17)20-15(21)9-11-5-4-8-13(11)19-20/h2-3,6-7,9-10H,4-5,8H2,1H3,(H,18,22). The highest BCUT2D eigenvalue weighted by molar-refractivity contribution is 9.10. The monoisotopic (exact) mass is 361 g/mol. The maximum absolute atomic E-state index is 12.4. The second-order valence-electron chi connectivity index (χ2n) is 5.40. The number of fused-ring (bicyclic) bond motifs is 1. The van der Waals surface area contributed by atoms with Gasteiger partial charge in [0.1, 0.15) is 6.04 Å². The molecule has 1 aliphatic carbocycles. The van der Waals surface area contributed by atoms with Crippen molar-refractivity contribution in [2.75, 3.05) is 5.32 Å². The summed E-state index contributed by atoms with van der Waals surface area (Å²) in [5, 5.41) is 7.19. The Bertz CT molecular complexity index is 785. The van der Waals surface area contributed by atoms with Gasteiger partial charge in [-0.1, -0.05) is 12.1 Å². The zero-order chi connectivity index (χ0) is 15.7. The number of halogens is 1. The Balaban J connectivity index is 1.85. The van der Waals surface area contributed by atoms with Crippen molar-refractivity contribution < 1.29 is 4.79 Å². The number of nitrogens with one attached hydrogen (secondary N) is 1. The fourth-order valence-corrected chi connectivity index (χ4v) is 2.99. The molecular formula is C16H16BrN3O2. The number of aryl methyl sites for hydroxylation is 2. The predicted octanol–water partition coefficient (Wildman–Crippen LogP) is 2.69. The van der Waals surface area contributed by atoms with E-state index < -0.39 is 6.04 Å². The Labute approximate surface area is 136 Å². The van der Waals surface area contributed by atoms with Gasteiger partial charge in [0.15, 0.2) is 0 Å². The second-order valence-corrected chi connectivity index (χ2v) is 6.25. The van der Waals surface area contributed by atoms with Crippen LogP contribution in [0.4, 0.5) is 5.69 Å². The molecule has 1 heterocycles. The van der Waals surface area contributed by atoms with Gasteiger partial charge in [0.25, 0.3) is 5.56 Å². The number of nitrogens with zero attached hydrogens (tertiary/aromatic N) is 2. The molecule has 0 spiro atoms. The van der Waals surface area contributed by atoms with E-state index in [2.05, 4.69) is 26.3 Å². The topological polar surface area (TPSA) is 64.0 Å². The fourth-order valence-electron chi connectivity index (χ4n) is 2.60. The van der Waals surface area contributed by atoms with Crippen molar-refractivity contribution in [3.63, 3.8) is 0 Å². The summed E-state index contributed by atoms with van der Waals surface area (Å²) in [6, 6.07) is 8.30. The van der Waals surface area contributed by atoms with E-state index in [-0.39, 0.29) is 11.5 Å². The smallest absolute Gasteiger partial charge is 0.267 e. The molecule has 0 radical (unpaired) electrons. The molecule has 1 atom stereocenters. The minimum atomic E-state index is -0.662. The van der Waals surface area contributed by atoms with Crippen molar-refractivity contribution in [2.24, 2.45) is 0 Å². The number of hydrogen-bond donors (Lipinski definition) is 1. The Morgan fingerprint density at radius 3 is 2.91 bits per heavy atom. The average molecular weight is 362 g/mol. The minimum Gasteiger partial charge on any atom is -0.323 e. The number of para-hydroxylation sites is 1. The van der Waals surface area contributed by atoms with Crippen LogP contribution in [0.5, 0.6) is 0 Å². The number of rotatable bonds is 3. The van der Waals surface area contributed by atoms with Crippen LogP contribution in [0.15, 0.2) is 39.6 Å². The van der Waals surface area contributed by atoms with Crippen LogP contribution in [0.25, 0.3) is 0 Å². The van der Waals surface area contributed by atoms with Crippen molar-refractivity contribution >= 4 is 27.5 Å². The molecule has 1 aromatic carbocycles. The number of aromatic nitrogens is 2. The zero-order valence-electron chi connectivity index (χ0n) is 12.2. The molecule has 6 heteroatoms. The summed E-state index contributed by atoms with van der Waals surface area (Å²) in [4.78, 5) is 24.5. The highest BCUT2D eigenvalue weighted by Gasteiger charge is 2.21. The Morgan fingerprint density at radius 2 is 2.14 bits per heavy atom. The first-order valence-electron chi connectivity index (χ1n) is 7.23. The first-order chi connectivity index (χ1) is 10.6.